The Balaban J connectivity index is 3.65. The number of rotatable bonds is 5. The Labute approximate surface area is 90.1 Å². The van der Waals surface area contributed by atoms with E-state index in [0.717, 1.165) is 13.1 Å². The fourth-order valence-corrected chi connectivity index (χ4v) is 1.02. The van der Waals surface area contributed by atoms with Crippen LogP contribution in [0.5, 0.6) is 0 Å². The molecule has 0 aromatic rings. The van der Waals surface area contributed by atoms with Gasteiger partial charge in [0.1, 0.15) is 0 Å². The molecular formula is C12H28N2. The predicted molar refractivity (Wildman–Crippen MR) is 64.7 cm³/mol. The van der Waals surface area contributed by atoms with Gasteiger partial charge in [0.25, 0.3) is 0 Å². The van der Waals surface area contributed by atoms with Gasteiger partial charge in [-0.25, -0.2) is 0 Å². The second-order valence-electron chi connectivity index (χ2n) is 6.19. The molecule has 0 aliphatic carbocycles. The average Bonchev–Trinajstić information content (AvgIpc) is 1.96. The van der Waals surface area contributed by atoms with Crippen molar-refractivity contribution in [1.29, 1.82) is 0 Å². The van der Waals surface area contributed by atoms with Crippen LogP contribution in [0.4, 0.5) is 0 Å². The highest BCUT2D eigenvalue weighted by atomic mass is 15.2. The largest absolute Gasteiger partial charge is 0.315 e. The first-order chi connectivity index (χ1) is 6.15. The van der Waals surface area contributed by atoms with Gasteiger partial charge in [-0.3, -0.25) is 0 Å². The van der Waals surface area contributed by atoms with E-state index in [1.807, 2.05) is 0 Å². The molecule has 14 heavy (non-hydrogen) atoms. The van der Waals surface area contributed by atoms with Crippen LogP contribution < -0.4 is 5.32 Å². The van der Waals surface area contributed by atoms with Gasteiger partial charge in [-0.2, -0.15) is 0 Å². The molecular weight excluding hydrogens is 172 g/mol. The van der Waals surface area contributed by atoms with Crippen LogP contribution in [0.25, 0.3) is 0 Å². The molecule has 0 unspecified atom stereocenters. The molecule has 0 amide bonds. The molecule has 0 fully saturated rings. The topological polar surface area (TPSA) is 15.3 Å². The Morgan fingerprint density at radius 1 is 1.00 bits per heavy atom. The van der Waals surface area contributed by atoms with Crippen LogP contribution in [-0.4, -0.2) is 37.6 Å². The molecule has 0 aliphatic heterocycles. The standard InChI is InChI=1S/C12H28N2/c1-11(2,3)8-9-13-10-12(4,5)14(6)7/h13H,8-10H2,1-7H3. The van der Waals surface area contributed by atoms with Crippen molar-refractivity contribution in [3.05, 3.63) is 0 Å². The van der Waals surface area contributed by atoms with Gasteiger partial charge in [-0.15, -0.1) is 0 Å². The molecule has 0 rings (SSSR count). The van der Waals surface area contributed by atoms with Gasteiger partial charge < -0.3 is 10.2 Å². The lowest BCUT2D eigenvalue weighted by molar-refractivity contribution is 0.188. The van der Waals surface area contributed by atoms with E-state index in [2.05, 4.69) is 58.9 Å². The highest BCUT2D eigenvalue weighted by molar-refractivity contribution is 4.79. The van der Waals surface area contributed by atoms with Gasteiger partial charge in [0.05, 0.1) is 0 Å². The molecule has 2 nitrogen and oxygen atoms in total. The minimum Gasteiger partial charge on any atom is -0.315 e. The summed E-state index contributed by atoms with van der Waals surface area (Å²) in [6, 6.07) is 0. The zero-order chi connectivity index (χ0) is 11.4. The number of nitrogens with zero attached hydrogens (tertiary/aromatic N) is 1. The van der Waals surface area contributed by atoms with E-state index >= 15 is 0 Å². The Kier molecular flexibility index (Phi) is 5.10. The number of nitrogens with one attached hydrogen (secondary N) is 1. The quantitative estimate of drug-likeness (QED) is 0.685. The fourth-order valence-electron chi connectivity index (χ4n) is 1.02. The van der Waals surface area contributed by atoms with Crippen LogP contribution in [0.1, 0.15) is 41.0 Å². The third-order valence-corrected chi connectivity index (χ3v) is 2.82. The number of hydrogen-bond donors (Lipinski definition) is 1. The molecule has 0 aliphatic rings. The van der Waals surface area contributed by atoms with Gasteiger partial charge in [-0.1, -0.05) is 20.8 Å². The molecule has 1 N–H and O–H groups in total. The summed E-state index contributed by atoms with van der Waals surface area (Å²) in [6.07, 6.45) is 1.23. The van der Waals surface area contributed by atoms with Crippen LogP contribution >= 0.6 is 0 Å². The second kappa shape index (κ2) is 5.13. The molecule has 0 spiro atoms. The highest BCUT2D eigenvalue weighted by Crippen LogP contribution is 2.17. The monoisotopic (exact) mass is 200 g/mol. The van der Waals surface area contributed by atoms with Crippen molar-refractivity contribution in [1.82, 2.24) is 10.2 Å². The van der Waals surface area contributed by atoms with Gasteiger partial charge in [0, 0.05) is 12.1 Å². The first-order valence-electron chi connectivity index (χ1n) is 5.53. The Hall–Kier alpha value is -0.0800. The summed E-state index contributed by atoms with van der Waals surface area (Å²) in [7, 11) is 4.26. The van der Waals surface area contributed by atoms with E-state index in [1.54, 1.807) is 0 Å². The van der Waals surface area contributed by atoms with Crippen molar-refractivity contribution >= 4 is 0 Å². The molecule has 2 heteroatoms. The molecule has 0 aromatic carbocycles. The first-order valence-corrected chi connectivity index (χ1v) is 5.53. The van der Waals surface area contributed by atoms with E-state index in [-0.39, 0.29) is 5.54 Å². The summed E-state index contributed by atoms with van der Waals surface area (Å²) in [4.78, 5) is 2.26. The Morgan fingerprint density at radius 3 is 1.86 bits per heavy atom. The maximum absolute atomic E-state index is 3.52. The molecule has 0 saturated heterocycles. The van der Waals surface area contributed by atoms with Gasteiger partial charge in [0.15, 0.2) is 0 Å². The Morgan fingerprint density at radius 2 is 1.50 bits per heavy atom. The number of hydrogen-bond acceptors (Lipinski definition) is 2. The molecule has 0 radical (unpaired) electrons. The molecule has 0 heterocycles. The van der Waals surface area contributed by atoms with Crippen molar-refractivity contribution in [3.8, 4) is 0 Å². The lowest BCUT2D eigenvalue weighted by Crippen LogP contribution is -2.47. The summed E-state index contributed by atoms with van der Waals surface area (Å²) in [5.74, 6) is 0. The average molecular weight is 200 g/mol. The summed E-state index contributed by atoms with van der Waals surface area (Å²) < 4.78 is 0. The number of likely N-dealkylation sites (N-methyl/N-ethyl adjacent to an activating group) is 1. The van der Waals surface area contributed by atoms with E-state index in [4.69, 9.17) is 0 Å². The Bertz CT molecular complexity index is 154. The van der Waals surface area contributed by atoms with E-state index in [0.29, 0.717) is 5.41 Å². The SMILES string of the molecule is CN(C)C(C)(C)CNCCC(C)(C)C. The normalized spacial score (nSPS) is 13.7. The summed E-state index contributed by atoms with van der Waals surface area (Å²) in [5.41, 5.74) is 0.688. The molecule has 0 atom stereocenters. The fraction of sp³-hybridized carbons (Fsp3) is 1.00. The van der Waals surface area contributed by atoms with Crippen LogP contribution in [0.2, 0.25) is 0 Å². The van der Waals surface area contributed by atoms with Gasteiger partial charge >= 0.3 is 0 Å². The van der Waals surface area contributed by atoms with Crippen molar-refractivity contribution in [2.45, 2.75) is 46.6 Å². The summed E-state index contributed by atoms with van der Waals surface area (Å²) in [6.45, 7) is 13.5. The van der Waals surface area contributed by atoms with Crippen LogP contribution in [0.15, 0.2) is 0 Å². The summed E-state index contributed by atoms with van der Waals surface area (Å²) in [5, 5.41) is 3.52. The molecule has 0 bridgehead atoms. The molecule has 0 aromatic heterocycles. The minimum atomic E-state index is 0.248. The van der Waals surface area contributed by atoms with E-state index < -0.39 is 0 Å². The van der Waals surface area contributed by atoms with Crippen LogP contribution in [0.3, 0.4) is 0 Å². The second-order valence-corrected chi connectivity index (χ2v) is 6.19. The zero-order valence-corrected chi connectivity index (χ0v) is 11.1. The maximum Gasteiger partial charge on any atom is 0.0271 e. The van der Waals surface area contributed by atoms with E-state index in [1.165, 1.54) is 6.42 Å². The maximum atomic E-state index is 3.52. The summed E-state index contributed by atoms with van der Waals surface area (Å²) >= 11 is 0. The van der Waals surface area contributed by atoms with Crippen LogP contribution in [-0.2, 0) is 0 Å². The van der Waals surface area contributed by atoms with Crippen molar-refractivity contribution < 1.29 is 0 Å². The third kappa shape index (κ3) is 6.39. The smallest absolute Gasteiger partial charge is 0.0271 e. The third-order valence-electron chi connectivity index (χ3n) is 2.82. The van der Waals surface area contributed by atoms with Gasteiger partial charge in [-0.05, 0) is 46.3 Å². The predicted octanol–water partition coefficient (Wildman–Crippen LogP) is 2.35. The van der Waals surface area contributed by atoms with Crippen molar-refractivity contribution in [3.63, 3.8) is 0 Å². The minimum absolute atomic E-state index is 0.248. The highest BCUT2D eigenvalue weighted by Gasteiger charge is 2.19. The first kappa shape index (κ1) is 13.9. The molecule has 0 saturated carbocycles. The van der Waals surface area contributed by atoms with Crippen molar-refractivity contribution in [2.75, 3.05) is 27.2 Å². The molecule has 86 valence electrons. The van der Waals surface area contributed by atoms with E-state index in [9.17, 15) is 0 Å². The lowest BCUT2D eigenvalue weighted by Gasteiger charge is -2.33. The zero-order valence-electron chi connectivity index (χ0n) is 11.1. The van der Waals surface area contributed by atoms with Gasteiger partial charge in [0.2, 0.25) is 0 Å². The van der Waals surface area contributed by atoms with Crippen LogP contribution in [0, 0.1) is 5.41 Å². The van der Waals surface area contributed by atoms with Crippen molar-refractivity contribution in [2.24, 2.45) is 5.41 Å². The lowest BCUT2D eigenvalue weighted by atomic mass is 9.92.